The van der Waals surface area contributed by atoms with Crippen LogP contribution in [0.3, 0.4) is 0 Å². The maximum atomic E-state index is 12.2. The number of carbonyl (C=O) groups is 2. The molecule has 6 nitrogen and oxygen atoms in total. The summed E-state index contributed by atoms with van der Waals surface area (Å²) in [6.07, 6.45) is 4.37. The molecule has 0 saturated heterocycles. The van der Waals surface area contributed by atoms with E-state index in [1.54, 1.807) is 7.11 Å². The number of benzene rings is 1. The van der Waals surface area contributed by atoms with Crippen molar-refractivity contribution >= 4 is 28.9 Å². The minimum absolute atomic E-state index is 0.113. The molecule has 2 aromatic rings. The van der Waals surface area contributed by atoms with E-state index in [2.05, 4.69) is 16.8 Å². The zero-order valence-electron chi connectivity index (χ0n) is 16.4. The van der Waals surface area contributed by atoms with Gasteiger partial charge in [-0.1, -0.05) is 13.0 Å². The zero-order chi connectivity index (χ0) is 19.8. The molecular formula is C22H24N2O4. The summed E-state index contributed by atoms with van der Waals surface area (Å²) in [5.74, 6) is 0.386. The third-order valence-electron chi connectivity index (χ3n) is 5.84. The first-order valence-electron chi connectivity index (χ1n) is 9.55. The van der Waals surface area contributed by atoms with Gasteiger partial charge >= 0.3 is 5.97 Å². The van der Waals surface area contributed by atoms with Crippen LogP contribution in [0.15, 0.2) is 35.4 Å². The smallest absolute Gasteiger partial charge is 0.341 e. The number of rotatable bonds is 4. The Morgan fingerprint density at radius 2 is 2.18 bits per heavy atom. The fourth-order valence-electron chi connectivity index (χ4n) is 4.42. The van der Waals surface area contributed by atoms with Gasteiger partial charge in [0.05, 0.1) is 25.6 Å². The Hall–Kier alpha value is -3.02. The minimum atomic E-state index is -0.580. The fourth-order valence-corrected chi connectivity index (χ4v) is 4.42. The van der Waals surface area contributed by atoms with Crippen LogP contribution in [-0.4, -0.2) is 49.4 Å². The largest absolute Gasteiger partial charge is 0.496 e. The number of aromatic nitrogens is 1. The first-order valence-corrected chi connectivity index (χ1v) is 9.55. The van der Waals surface area contributed by atoms with Gasteiger partial charge in [-0.3, -0.25) is 4.79 Å². The molecule has 0 bridgehead atoms. The second kappa shape index (κ2) is 7.19. The van der Waals surface area contributed by atoms with Crippen molar-refractivity contribution in [1.29, 1.82) is 0 Å². The van der Waals surface area contributed by atoms with Gasteiger partial charge < -0.3 is 19.4 Å². The number of esters is 1. The standard InChI is InChI=1S/C22H24N2O4/c1-4-13-11-24-9-8-14-20-17(6-5-7-19(20)27-2)23-21(14)18(24)10-15(13)16(12-25)22(26)28-3/h5-7,10,12-13,23H,4,8-9,11H2,1-3H3. The van der Waals surface area contributed by atoms with Gasteiger partial charge in [0, 0.05) is 29.9 Å². The van der Waals surface area contributed by atoms with E-state index in [0.29, 0.717) is 6.29 Å². The summed E-state index contributed by atoms with van der Waals surface area (Å²) in [6, 6.07) is 5.98. The quantitative estimate of drug-likeness (QED) is 0.290. The summed E-state index contributed by atoms with van der Waals surface area (Å²) < 4.78 is 10.4. The molecule has 2 aliphatic heterocycles. The van der Waals surface area contributed by atoms with Gasteiger partial charge in [-0.25, -0.2) is 4.79 Å². The number of hydrogen-bond donors (Lipinski definition) is 1. The van der Waals surface area contributed by atoms with Crippen LogP contribution in [0.5, 0.6) is 5.75 Å². The van der Waals surface area contributed by atoms with Gasteiger partial charge in [-0.05, 0) is 42.2 Å². The van der Waals surface area contributed by atoms with Gasteiger partial charge in [0.15, 0.2) is 6.29 Å². The highest BCUT2D eigenvalue weighted by Crippen LogP contribution is 2.42. The predicted molar refractivity (Wildman–Crippen MR) is 107 cm³/mol. The summed E-state index contributed by atoms with van der Waals surface area (Å²) in [6.45, 7) is 3.74. The molecule has 0 fully saturated rings. The first-order chi connectivity index (χ1) is 13.6. The lowest BCUT2D eigenvalue weighted by Crippen LogP contribution is -2.37. The van der Waals surface area contributed by atoms with Gasteiger partial charge in [0.25, 0.3) is 0 Å². The van der Waals surface area contributed by atoms with Crippen LogP contribution < -0.4 is 4.74 Å². The third kappa shape index (κ3) is 2.71. The maximum absolute atomic E-state index is 12.2. The van der Waals surface area contributed by atoms with E-state index in [1.807, 2.05) is 24.3 Å². The molecule has 1 atom stereocenters. The van der Waals surface area contributed by atoms with E-state index < -0.39 is 5.97 Å². The van der Waals surface area contributed by atoms with Gasteiger partial charge in [0.2, 0.25) is 0 Å². The number of carbonyl (C=O) groups excluding carboxylic acids is 2. The van der Waals surface area contributed by atoms with Crippen LogP contribution in [0.25, 0.3) is 16.6 Å². The number of methoxy groups -OCH3 is 2. The van der Waals surface area contributed by atoms with Crippen LogP contribution in [-0.2, 0) is 20.7 Å². The summed E-state index contributed by atoms with van der Waals surface area (Å²) in [4.78, 5) is 29.7. The number of aldehydes is 1. The monoisotopic (exact) mass is 380 g/mol. The molecule has 1 N–H and O–H groups in total. The zero-order valence-corrected chi connectivity index (χ0v) is 16.4. The molecule has 28 heavy (non-hydrogen) atoms. The summed E-state index contributed by atoms with van der Waals surface area (Å²) in [5.41, 5.74) is 5.17. The Balaban J connectivity index is 1.94. The minimum Gasteiger partial charge on any atom is -0.496 e. The molecular weight excluding hydrogens is 356 g/mol. The Morgan fingerprint density at radius 3 is 2.86 bits per heavy atom. The number of fused-ring (bicyclic) bond motifs is 5. The number of hydrogen-bond acceptors (Lipinski definition) is 5. The van der Waals surface area contributed by atoms with Crippen LogP contribution in [0.1, 0.15) is 24.6 Å². The van der Waals surface area contributed by atoms with E-state index in [1.165, 1.54) is 12.7 Å². The molecule has 1 aromatic carbocycles. The highest BCUT2D eigenvalue weighted by Gasteiger charge is 2.33. The molecule has 6 heteroatoms. The van der Waals surface area contributed by atoms with E-state index >= 15 is 0 Å². The predicted octanol–water partition coefficient (Wildman–Crippen LogP) is 3.08. The molecule has 2 aliphatic rings. The van der Waals surface area contributed by atoms with Crippen molar-refractivity contribution in [3.63, 3.8) is 0 Å². The number of aromatic amines is 1. The van der Waals surface area contributed by atoms with Crippen molar-refractivity contribution in [3.8, 4) is 5.75 Å². The van der Waals surface area contributed by atoms with Crippen molar-refractivity contribution in [1.82, 2.24) is 9.88 Å². The Kier molecular flexibility index (Phi) is 4.71. The molecule has 1 aromatic heterocycles. The molecule has 0 amide bonds. The Labute approximate surface area is 163 Å². The Bertz CT molecular complexity index is 1010. The topological polar surface area (TPSA) is 71.6 Å². The number of ether oxygens (including phenoxy) is 2. The van der Waals surface area contributed by atoms with Gasteiger partial charge in [-0.2, -0.15) is 0 Å². The van der Waals surface area contributed by atoms with Crippen molar-refractivity contribution in [2.75, 3.05) is 27.3 Å². The average Bonchev–Trinajstić information content (AvgIpc) is 3.12. The molecule has 3 heterocycles. The van der Waals surface area contributed by atoms with Crippen molar-refractivity contribution in [3.05, 3.63) is 46.7 Å². The fraction of sp³-hybridized carbons (Fsp3) is 0.364. The Morgan fingerprint density at radius 1 is 1.36 bits per heavy atom. The van der Waals surface area contributed by atoms with Crippen LogP contribution in [0, 0.1) is 5.92 Å². The van der Waals surface area contributed by atoms with E-state index in [0.717, 1.165) is 59.5 Å². The lowest BCUT2D eigenvalue weighted by atomic mass is 9.85. The van der Waals surface area contributed by atoms with Crippen molar-refractivity contribution < 1.29 is 19.1 Å². The molecule has 0 spiro atoms. The highest BCUT2D eigenvalue weighted by molar-refractivity contribution is 6.09. The highest BCUT2D eigenvalue weighted by atomic mass is 16.5. The molecule has 0 aliphatic carbocycles. The van der Waals surface area contributed by atoms with Crippen LogP contribution in [0.4, 0.5) is 0 Å². The lowest BCUT2D eigenvalue weighted by Gasteiger charge is -2.39. The summed E-state index contributed by atoms with van der Waals surface area (Å²) in [7, 11) is 2.99. The second-order valence-corrected chi connectivity index (χ2v) is 7.17. The van der Waals surface area contributed by atoms with Crippen molar-refractivity contribution in [2.45, 2.75) is 19.8 Å². The summed E-state index contributed by atoms with van der Waals surface area (Å²) >= 11 is 0. The number of H-pyrrole nitrogens is 1. The van der Waals surface area contributed by atoms with E-state index in [-0.39, 0.29) is 11.5 Å². The normalized spacial score (nSPS) is 20.2. The SMILES string of the molecule is CCC1CN2CCc3c([nH]c4cccc(OC)c34)C2=CC1=C(C=O)C(=O)OC. The molecule has 4 rings (SSSR count). The number of nitrogens with zero attached hydrogens (tertiary/aromatic N) is 1. The van der Waals surface area contributed by atoms with Crippen LogP contribution in [0.2, 0.25) is 0 Å². The molecule has 146 valence electrons. The van der Waals surface area contributed by atoms with Gasteiger partial charge in [-0.15, -0.1) is 0 Å². The van der Waals surface area contributed by atoms with E-state index in [4.69, 9.17) is 9.47 Å². The molecule has 0 saturated carbocycles. The maximum Gasteiger partial charge on any atom is 0.341 e. The molecule has 0 radical (unpaired) electrons. The van der Waals surface area contributed by atoms with Gasteiger partial charge in [0.1, 0.15) is 11.3 Å². The number of nitrogens with one attached hydrogen (secondary N) is 1. The van der Waals surface area contributed by atoms with Crippen molar-refractivity contribution in [2.24, 2.45) is 5.92 Å². The summed E-state index contributed by atoms with van der Waals surface area (Å²) in [5, 5.41) is 1.10. The second-order valence-electron chi connectivity index (χ2n) is 7.17. The average molecular weight is 380 g/mol. The van der Waals surface area contributed by atoms with E-state index in [9.17, 15) is 9.59 Å². The molecule has 1 unspecified atom stereocenters. The van der Waals surface area contributed by atoms with Crippen LogP contribution >= 0.6 is 0 Å². The number of allylic oxidation sites excluding steroid dienone is 1. The third-order valence-corrected chi connectivity index (χ3v) is 5.84. The lowest BCUT2D eigenvalue weighted by molar-refractivity contribution is -0.136. The first kappa shape index (κ1) is 18.3.